The molecule has 0 saturated carbocycles. The van der Waals surface area contributed by atoms with Gasteiger partial charge in [-0.25, -0.2) is 9.59 Å². The maximum atomic E-state index is 11.9. The van der Waals surface area contributed by atoms with E-state index in [1.165, 1.54) is 4.90 Å². The standard InChI is InChI=1S/C12H18N2O5/c1-3-4-10(11(16)17)13-12(18)14-5-8(2)19-9(6-14)7-15/h1,8-10,15H,4-7H2,2H3,(H,13,18)(H,16,17). The fourth-order valence-electron chi connectivity index (χ4n) is 1.87. The van der Waals surface area contributed by atoms with Crippen LogP contribution in [0.15, 0.2) is 0 Å². The fourth-order valence-corrected chi connectivity index (χ4v) is 1.87. The highest BCUT2D eigenvalue weighted by Gasteiger charge is 2.30. The van der Waals surface area contributed by atoms with Gasteiger partial charge in [0, 0.05) is 13.0 Å². The second-order valence-electron chi connectivity index (χ2n) is 4.40. The molecule has 0 aromatic rings. The van der Waals surface area contributed by atoms with Gasteiger partial charge in [-0.05, 0) is 6.92 Å². The topological polar surface area (TPSA) is 99.1 Å². The van der Waals surface area contributed by atoms with Crippen LogP contribution in [0.1, 0.15) is 13.3 Å². The van der Waals surface area contributed by atoms with E-state index >= 15 is 0 Å². The van der Waals surface area contributed by atoms with Crippen molar-refractivity contribution in [2.45, 2.75) is 31.6 Å². The zero-order valence-corrected chi connectivity index (χ0v) is 10.7. The normalized spacial score (nSPS) is 24.4. The van der Waals surface area contributed by atoms with Crippen LogP contribution >= 0.6 is 0 Å². The van der Waals surface area contributed by atoms with E-state index < -0.39 is 24.1 Å². The summed E-state index contributed by atoms with van der Waals surface area (Å²) in [5, 5.41) is 20.3. The number of ether oxygens (including phenoxy) is 1. The van der Waals surface area contributed by atoms with Crippen molar-refractivity contribution < 1.29 is 24.5 Å². The number of nitrogens with one attached hydrogen (secondary N) is 1. The van der Waals surface area contributed by atoms with Crippen LogP contribution in [-0.4, -0.2) is 65.1 Å². The molecule has 0 aliphatic carbocycles. The van der Waals surface area contributed by atoms with Gasteiger partial charge in [-0.15, -0.1) is 12.3 Å². The molecule has 3 N–H and O–H groups in total. The van der Waals surface area contributed by atoms with Crippen LogP contribution in [0, 0.1) is 12.3 Å². The number of carboxylic acids is 1. The van der Waals surface area contributed by atoms with Gasteiger partial charge in [-0.2, -0.15) is 0 Å². The number of morpholine rings is 1. The molecule has 0 aromatic heterocycles. The molecule has 7 heteroatoms. The minimum Gasteiger partial charge on any atom is -0.480 e. The number of aliphatic hydroxyl groups is 1. The second kappa shape index (κ2) is 6.97. The lowest BCUT2D eigenvalue weighted by molar-refractivity contribution is -0.139. The summed E-state index contributed by atoms with van der Waals surface area (Å²) in [6.07, 6.45) is 4.31. The Bertz CT molecular complexity index is 379. The largest absolute Gasteiger partial charge is 0.480 e. The van der Waals surface area contributed by atoms with E-state index in [2.05, 4.69) is 11.2 Å². The highest BCUT2D eigenvalue weighted by molar-refractivity contribution is 5.82. The molecular formula is C12H18N2O5. The number of carbonyl (C=O) groups is 2. The summed E-state index contributed by atoms with van der Waals surface area (Å²) in [6.45, 7) is 2.14. The third-order valence-corrected chi connectivity index (χ3v) is 2.73. The number of rotatable bonds is 4. The molecule has 1 saturated heterocycles. The van der Waals surface area contributed by atoms with E-state index in [1.807, 2.05) is 0 Å². The van der Waals surface area contributed by atoms with Crippen LogP contribution in [0.3, 0.4) is 0 Å². The number of hydrogen-bond acceptors (Lipinski definition) is 4. The van der Waals surface area contributed by atoms with Gasteiger partial charge in [0.1, 0.15) is 6.04 Å². The van der Waals surface area contributed by atoms with Gasteiger partial charge in [-0.3, -0.25) is 0 Å². The van der Waals surface area contributed by atoms with Crippen LogP contribution < -0.4 is 5.32 Å². The molecule has 7 nitrogen and oxygen atoms in total. The van der Waals surface area contributed by atoms with Crippen LogP contribution in [0.4, 0.5) is 4.79 Å². The Kier molecular flexibility index (Phi) is 5.60. The van der Waals surface area contributed by atoms with E-state index in [4.69, 9.17) is 21.4 Å². The van der Waals surface area contributed by atoms with Crippen molar-refractivity contribution in [2.75, 3.05) is 19.7 Å². The fraction of sp³-hybridized carbons (Fsp3) is 0.667. The zero-order chi connectivity index (χ0) is 14.4. The summed E-state index contributed by atoms with van der Waals surface area (Å²) in [7, 11) is 0. The maximum absolute atomic E-state index is 11.9. The van der Waals surface area contributed by atoms with Crippen LogP contribution in [0.2, 0.25) is 0 Å². The summed E-state index contributed by atoms with van der Waals surface area (Å²) in [5.41, 5.74) is 0. The summed E-state index contributed by atoms with van der Waals surface area (Å²) < 4.78 is 5.40. The van der Waals surface area contributed by atoms with E-state index in [9.17, 15) is 9.59 Å². The molecule has 0 bridgehead atoms. The van der Waals surface area contributed by atoms with Gasteiger partial charge in [-0.1, -0.05) is 0 Å². The molecule has 1 fully saturated rings. The molecule has 1 heterocycles. The average Bonchev–Trinajstić information content (AvgIpc) is 2.37. The molecule has 19 heavy (non-hydrogen) atoms. The molecule has 0 spiro atoms. The van der Waals surface area contributed by atoms with Crippen molar-refractivity contribution in [2.24, 2.45) is 0 Å². The Balaban J connectivity index is 2.61. The number of terminal acetylenes is 1. The van der Waals surface area contributed by atoms with Crippen molar-refractivity contribution in [3.63, 3.8) is 0 Å². The molecule has 2 amide bonds. The summed E-state index contributed by atoms with van der Waals surface area (Å²) in [5.74, 6) is 1.03. The van der Waals surface area contributed by atoms with Crippen molar-refractivity contribution in [1.82, 2.24) is 10.2 Å². The van der Waals surface area contributed by atoms with Crippen LogP contribution in [0.25, 0.3) is 0 Å². The Labute approximate surface area is 111 Å². The lowest BCUT2D eigenvalue weighted by Gasteiger charge is -2.36. The van der Waals surface area contributed by atoms with E-state index in [0.717, 1.165) is 0 Å². The number of carboxylic acid groups (broad SMARTS) is 1. The van der Waals surface area contributed by atoms with Gasteiger partial charge in [0.25, 0.3) is 0 Å². The first-order valence-corrected chi connectivity index (χ1v) is 5.96. The Morgan fingerprint density at radius 1 is 1.58 bits per heavy atom. The first-order chi connectivity index (χ1) is 8.97. The molecule has 3 unspecified atom stereocenters. The maximum Gasteiger partial charge on any atom is 0.327 e. The lowest BCUT2D eigenvalue weighted by atomic mass is 10.2. The summed E-state index contributed by atoms with van der Waals surface area (Å²) in [4.78, 5) is 24.3. The smallest absolute Gasteiger partial charge is 0.327 e. The lowest BCUT2D eigenvalue weighted by Crippen LogP contribution is -2.55. The predicted molar refractivity (Wildman–Crippen MR) is 66.4 cm³/mol. The quantitative estimate of drug-likeness (QED) is 0.584. The number of amides is 2. The van der Waals surface area contributed by atoms with E-state index in [0.29, 0.717) is 6.54 Å². The predicted octanol–water partition coefficient (Wildman–Crippen LogP) is -0.746. The van der Waals surface area contributed by atoms with Gasteiger partial charge in [0.05, 0.1) is 25.4 Å². The first kappa shape index (κ1) is 15.3. The third-order valence-electron chi connectivity index (χ3n) is 2.73. The number of carbonyl (C=O) groups excluding carboxylic acids is 1. The van der Waals surface area contributed by atoms with Crippen LogP contribution in [0.5, 0.6) is 0 Å². The Morgan fingerprint density at radius 3 is 2.79 bits per heavy atom. The SMILES string of the molecule is C#CCC(NC(=O)N1CC(C)OC(CO)C1)C(=O)O. The third kappa shape index (κ3) is 4.43. The van der Waals surface area contributed by atoms with Gasteiger partial charge < -0.3 is 25.2 Å². The number of nitrogens with zero attached hydrogens (tertiary/aromatic N) is 1. The zero-order valence-electron chi connectivity index (χ0n) is 10.7. The minimum absolute atomic E-state index is 0.0790. The summed E-state index contributed by atoms with van der Waals surface area (Å²) in [6, 6.07) is -1.63. The number of aliphatic hydroxyl groups excluding tert-OH is 1. The molecule has 1 aliphatic rings. The van der Waals surface area contributed by atoms with Gasteiger partial charge in [0.15, 0.2) is 0 Å². The number of urea groups is 1. The van der Waals surface area contributed by atoms with E-state index in [1.54, 1.807) is 6.92 Å². The minimum atomic E-state index is -1.17. The van der Waals surface area contributed by atoms with Crippen molar-refractivity contribution >= 4 is 12.0 Å². The highest BCUT2D eigenvalue weighted by atomic mass is 16.5. The van der Waals surface area contributed by atoms with E-state index in [-0.39, 0.29) is 25.7 Å². The van der Waals surface area contributed by atoms with Gasteiger partial charge in [0.2, 0.25) is 0 Å². The monoisotopic (exact) mass is 270 g/mol. The molecule has 1 rings (SSSR count). The Hall–Kier alpha value is -1.78. The number of aliphatic carboxylic acids is 1. The molecule has 0 radical (unpaired) electrons. The molecule has 3 atom stereocenters. The first-order valence-electron chi connectivity index (χ1n) is 5.96. The highest BCUT2D eigenvalue weighted by Crippen LogP contribution is 2.11. The molecule has 1 aliphatic heterocycles. The van der Waals surface area contributed by atoms with Gasteiger partial charge >= 0.3 is 12.0 Å². The average molecular weight is 270 g/mol. The second-order valence-corrected chi connectivity index (χ2v) is 4.40. The van der Waals surface area contributed by atoms with Crippen molar-refractivity contribution in [3.8, 4) is 12.3 Å². The van der Waals surface area contributed by atoms with Crippen LogP contribution in [-0.2, 0) is 9.53 Å². The Morgan fingerprint density at radius 2 is 2.26 bits per heavy atom. The molecule has 0 aromatic carbocycles. The van der Waals surface area contributed by atoms with Crippen molar-refractivity contribution in [1.29, 1.82) is 0 Å². The molecule has 106 valence electrons. The number of hydrogen-bond donors (Lipinski definition) is 3. The molecular weight excluding hydrogens is 252 g/mol. The van der Waals surface area contributed by atoms with Crippen molar-refractivity contribution in [3.05, 3.63) is 0 Å². The summed E-state index contributed by atoms with van der Waals surface area (Å²) >= 11 is 0.